The van der Waals surface area contributed by atoms with Crippen molar-refractivity contribution in [2.24, 2.45) is 0 Å². The summed E-state index contributed by atoms with van der Waals surface area (Å²) in [5.74, 6) is -1.20. The molecule has 1 aliphatic heterocycles. The second-order valence-corrected chi connectivity index (χ2v) is 7.44. The number of imide groups is 1. The number of carbonyl (C=O) groups is 3. The first-order valence-corrected chi connectivity index (χ1v) is 10.4. The van der Waals surface area contributed by atoms with Crippen molar-refractivity contribution in [2.75, 3.05) is 10.2 Å². The molecule has 1 heterocycles. The third kappa shape index (κ3) is 4.26. The molecule has 160 valence electrons. The number of esters is 1. The summed E-state index contributed by atoms with van der Waals surface area (Å²) in [5.41, 5.74) is 2.36. The van der Waals surface area contributed by atoms with Crippen LogP contribution in [-0.2, 0) is 16.0 Å². The number of rotatable bonds is 6. The number of amides is 2. The number of aryl methyl sites for hydroxylation is 1. The first kappa shape index (κ1) is 21.3. The van der Waals surface area contributed by atoms with Crippen molar-refractivity contribution in [3.8, 4) is 5.75 Å². The molecule has 0 saturated heterocycles. The van der Waals surface area contributed by atoms with E-state index in [0.29, 0.717) is 22.7 Å². The van der Waals surface area contributed by atoms with Gasteiger partial charge in [-0.15, -0.1) is 0 Å². The lowest BCUT2D eigenvalue weighted by molar-refractivity contribution is -0.120. The minimum atomic E-state index is -0.591. The molecule has 0 unspecified atom stereocenters. The third-order valence-electron chi connectivity index (χ3n) is 4.97. The monoisotopic (exact) mass is 446 g/mol. The van der Waals surface area contributed by atoms with E-state index in [2.05, 4.69) is 5.32 Å². The van der Waals surface area contributed by atoms with Crippen LogP contribution in [0.4, 0.5) is 11.4 Å². The molecule has 3 aromatic rings. The minimum absolute atomic E-state index is 0.0177. The lowest BCUT2D eigenvalue weighted by Crippen LogP contribution is -2.32. The zero-order chi connectivity index (χ0) is 22.7. The summed E-state index contributed by atoms with van der Waals surface area (Å²) in [6.07, 6.45) is 0.850. The number of ether oxygens (including phenoxy) is 1. The van der Waals surface area contributed by atoms with E-state index in [-0.39, 0.29) is 10.7 Å². The molecule has 0 fully saturated rings. The molecule has 4 rings (SSSR count). The lowest BCUT2D eigenvalue weighted by Gasteiger charge is -2.15. The Morgan fingerprint density at radius 1 is 0.906 bits per heavy atom. The van der Waals surface area contributed by atoms with Crippen LogP contribution in [0.5, 0.6) is 5.75 Å². The van der Waals surface area contributed by atoms with Crippen molar-refractivity contribution in [1.29, 1.82) is 0 Å². The quantitative estimate of drug-likeness (QED) is 0.331. The SMILES string of the molecule is CCc1ccc(N2C(=O)C(Cl)=C(Nc3ccc(C(=O)Oc4ccccc4)cc3)C2=O)cc1. The van der Waals surface area contributed by atoms with Gasteiger partial charge >= 0.3 is 5.97 Å². The maximum atomic E-state index is 12.9. The molecule has 32 heavy (non-hydrogen) atoms. The average molecular weight is 447 g/mol. The Bertz CT molecular complexity index is 1200. The van der Waals surface area contributed by atoms with Crippen molar-refractivity contribution in [2.45, 2.75) is 13.3 Å². The van der Waals surface area contributed by atoms with Crippen LogP contribution in [0.15, 0.2) is 89.6 Å². The fourth-order valence-electron chi connectivity index (χ4n) is 3.22. The van der Waals surface area contributed by atoms with Crippen LogP contribution in [0.2, 0.25) is 0 Å². The smallest absolute Gasteiger partial charge is 0.343 e. The molecule has 0 radical (unpaired) electrons. The first-order chi connectivity index (χ1) is 15.5. The molecule has 3 aromatic carbocycles. The van der Waals surface area contributed by atoms with Gasteiger partial charge in [0.15, 0.2) is 0 Å². The average Bonchev–Trinajstić information content (AvgIpc) is 3.03. The molecule has 0 saturated carbocycles. The van der Waals surface area contributed by atoms with Gasteiger partial charge in [0.1, 0.15) is 16.5 Å². The minimum Gasteiger partial charge on any atom is -0.423 e. The first-order valence-electron chi connectivity index (χ1n) is 9.99. The highest BCUT2D eigenvalue weighted by molar-refractivity contribution is 6.53. The number of halogens is 1. The Hall–Kier alpha value is -3.90. The van der Waals surface area contributed by atoms with Gasteiger partial charge in [-0.1, -0.05) is 48.9 Å². The number of para-hydroxylation sites is 1. The van der Waals surface area contributed by atoms with Crippen LogP contribution in [0.3, 0.4) is 0 Å². The highest BCUT2D eigenvalue weighted by atomic mass is 35.5. The van der Waals surface area contributed by atoms with Crippen molar-refractivity contribution >= 4 is 40.8 Å². The van der Waals surface area contributed by atoms with Gasteiger partial charge in [0, 0.05) is 5.69 Å². The molecule has 1 N–H and O–H groups in total. The number of nitrogens with zero attached hydrogens (tertiary/aromatic N) is 1. The normalized spacial score (nSPS) is 13.5. The second-order valence-electron chi connectivity index (χ2n) is 7.06. The van der Waals surface area contributed by atoms with E-state index in [9.17, 15) is 14.4 Å². The Morgan fingerprint density at radius 3 is 2.19 bits per heavy atom. The zero-order valence-electron chi connectivity index (χ0n) is 17.2. The Balaban J connectivity index is 1.48. The van der Waals surface area contributed by atoms with Crippen LogP contribution >= 0.6 is 11.6 Å². The predicted molar refractivity (Wildman–Crippen MR) is 123 cm³/mol. The predicted octanol–water partition coefficient (Wildman–Crippen LogP) is 4.90. The summed E-state index contributed by atoms with van der Waals surface area (Å²) in [6, 6.07) is 22.2. The van der Waals surface area contributed by atoms with Crippen LogP contribution in [0.1, 0.15) is 22.8 Å². The molecule has 0 aliphatic carbocycles. The highest BCUT2D eigenvalue weighted by Gasteiger charge is 2.38. The molecule has 7 heteroatoms. The van der Waals surface area contributed by atoms with Crippen LogP contribution < -0.4 is 15.0 Å². The Kier molecular flexibility index (Phi) is 6.05. The topological polar surface area (TPSA) is 75.7 Å². The molecule has 6 nitrogen and oxygen atoms in total. The van der Waals surface area contributed by atoms with E-state index in [0.717, 1.165) is 16.9 Å². The van der Waals surface area contributed by atoms with Gasteiger partial charge in [-0.25, -0.2) is 9.69 Å². The van der Waals surface area contributed by atoms with Gasteiger partial charge < -0.3 is 10.1 Å². The molecule has 0 bridgehead atoms. The van der Waals surface area contributed by atoms with Gasteiger partial charge in [-0.2, -0.15) is 0 Å². The number of carbonyl (C=O) groups excluding carboxylic acids is 3. The molecule has 0 spiro atoms. The van der Waals surface area contributed by atoms with E-state index in [4.69, 9.17) is 16.3 Å². The van der Waals surface area contributed by atoms with E-state index in [1.165, 1.54) is 0 Å². The van der Waals surface area contributed by atoms with E-state index in [1.807, 2.05) is 25.1 Å². The van der Waals surface area contributed by atoms with Gasteiger partial charge in [-0.3, -0.25) is 9.59 Å². The van der Waals surface area contributed by atoms with E-state index < -0.39 is 17.8 Å². The number of nitrogens with one attached hydrogen (secondary N) is 1. The second kappa shape index (κ2) is 9.08. The summed E-state index contributed by atoms with van der Waals surface area (Å²) in [4.78, 5) is 38.8. The standard InChI is InChI=1S/C25H19ClN2O4/c1-2-16-8-14-19(15-9-16)28-23(29)21(26)22(24(28)30)27-18-12-10-17(11-13-18)25(31)32-20-6-4-3-5-7-20/h3-15,27H,2H2,1H3. The number of benzene rings is 3. The fourth-order valence-corrected chi connectivity index (χ4v) is 3.43. The van der Waals surface area contributed by atoms with Crippen LogP contribution in [0, 0.1) is 0 Å². The van der Waals surface area contributed by atoms with Gasteiger partial charge in [0.05, 0.1) is 11.3 Å². The van der Waals surface area contributed by atoms with Crippen molar-refractivity contribution < 1.29 is 19.1 Å². The third-order valence-corrected chi connectivity index (χ3v) is 5.32. The van der Waals surface area contributed by atoms with E-state index in [1.54, 1.807) is 60.7 Å². The van der Waals surface area contributed by atoms with Gasteiger partial charge in [-0.05, 0) is 60.5 Å². The van der Waals surface area contributed by atoms with E-state index >= 15 is 0 Å². The highest BCUT2D eigenvalue weighted by Crippen LogP contribution is 2.30. The fraction of sp³-hybridized carbons (Fsp3) is 0.0800. The van der Waals surface area contributed by atoms with Crippen molar-refractivity contribution in [3.05, 3.63) is 101 Å². The maximum absolute atomic E-state index is 12.9. The summed E-state index contributed by atoms with van der Waals surface area (Å²) < 4.78 is 5.31. The Labute approximate surface area is 190 Å². The zero-order valence-corrected chi connectivity index (χ0v) is 17.9. The maximum Gasteiger partial charge on any atom is 0.343 e. The summed E-state index contributed by atoms with van der Waals surface area (Å²) in [6.45, 7) is 2.02. The molecular weight excluding hydrogens is 428 g/mol. The van der Waals surface area contributed by atoms with Gasteiger partial charge in [0.2, 0.25) is 0 Å². The van der Waals surface area contributed by atoms with Crippen LogP contribution in [0.25, 0.3) is 0 Å². The summed E-state index contributed by atoms with van der Waals surface area (Å²) in [7, 11) is 0. The summed E-state index contributed by atoms with van der Waals surface area (Å²) in [5, 5.41) is 2.70. The Morgan fingerprint density at radius 2 is 1.56 bits per heavy atom. The van der Waals surface area contributed by atoms with Crippen LogP contribution in [-0.4, -0.2) is 17.8 Å². The largest absolute Gasteiger partial charge is 0.423 e. The molecule has 2 amide bonds. The molecular formula is C25H19ClN2O4. The number of anilines is 2. The molecule has 0 atom stereocenters. The van der Waals surface area contributed by atoms with Crippen molar-refractivity contribution in [3.63, 3.8) is 0 Å². The van der Waals surface area contributed by atoms with Gasteiger partial charge in [0.25, 0.3) is 11.8 Å². The van der Waals surface area contributed by atoms with Crippen molar-refractivity contribution in [1.82, 2.24) is 0 Å². The number of hydrogen-bond acceptors (Lipinski definition) is 5. The number of hydrogen-bond donors (Lipinski definition) is 1. The summed E-state index contributed by atoms with van der Waals surface area (Å²) >= 11 is 6.18. The molecule has 1 aliphatic rings. The molecule has 0 aromatic heterocycles. The lowest BCUT2D eigenvalue weighted by atomic mass is 10.1.